The van der Waals surface area contributed by atoms with Crippen LogP contribution in [0.3, 0.4) is 0 Å². The summed E-state index contributed by atoms with van der Waals surface area (Å²) in [6.45, 7) is 0. The summed E-state index contributed by atoms with van der Waals surface area (Å²) in [5.41, 5.74) is 1.31. The predicted molar refractivity (Wildman–Crippen MR) is 73.3 cm³/mol. The van der Waals surface area contributed by atoms with Crippen LogP contribution >= 0.6 is 34.5 Å². The van der Waals surface area contributed by atoms with Crippen molar-refractivity contribution < 1.29 is 0 Å². The fourth-order valence-electron chi connectivity index (χ4n) is 2.15. The lowest BCUT2D eigenvalue weighted by Crippen LogP contribution is -2.07. The van der Waals surface area contributed by atoms with Gasteiger partial charge in [-0.3, -0.25) is 0 Å². The SMILES string of the molecule is Clc1cccc(NC2CCc3sc(Cl)cc32)n1. The van der Waals surface area contributed by atoms with Gasteiger partial charge in [-0.2, -0.15) is 0 Å². The van der Waals surface area contributed by atoms with Gasteiger partial charge in [0.15, 0.2) is 0 Å². The van der Waals surface area contributed by atoms with Gasteiger partial charge in [0.25, 0.3) is 0 Å². The van der Waals surface area contributed by atoms with Crippen LogP contribution in [-0.4, -0.2) is 4.98 Å². The van der Waals surface area contributed by atoms with E-state index in [-0.39, 0.29) is 0 Å². The minimum Gasteiger partial charge on any atom is -0.363 e. The van der Waals surface area contributed by atoms with E-state index in [1.165, 1.54) is 10.4 Å². The molecule has 0 spiro atoms. The first-order valence-corrected chi connectivity index (χ1v) is 6.97. The fourth-order valence-corrected chi connectivity index (χ4v) is 3.67. The predicted octanol–water partition coefficient (Wildman–Crippen LogP) is 4.55. The maximum absolute atomic E-state index is 6.03. The van der Waals surface area contributed by atoms with Crippen molar-refractivity contribution in [1.29, 1.82) is 0 Å². The van der Waals surface area contributed by atoms with E-state index < -0.39 is 0 Å². The summed E-state index contributed by atoms with van der Waals surface area (Å²) in [6.07, 6.45) is 2.18. The average Bonchev–Trinajstić information content (AvgIpc) is 2.80. The van der Waals surface area contributed by atoms with Crippen molar-refractivity contribution in [2.45, 2.75) is 18.9 Å². The summed E-state index contributed by atoms with van der Waals surface area (Å²) in [7, 11) is 0. The topological polar surface area (TPSA) is 24.9 Å². The lowest BCUT2D eigenvalue weighted by atomic mass is 10.2. The van der Waals surface area contributed by atoms with Crippen molar-refractivity contribution in [3.63, 3.8) is 0 Å². The van der Waals surface area contributed by atoms with Gasteiger partial charge in [0.05, 0.1) is 10.4 Å². The van der Waals surface area contributed by atoms with Gasteiger partial charge < -0.3 is 5.32 Å². The number of pyridine rings is 1. The van der Waals surface area contributed by atoms with E-state index in [2.05, 4.69) is 16.4 Å². The molecule has 0 aliphatic heterocycles. The minimum absolute atomic E-state index is 0.305. The number of thiophene rings is 1. The molecule has 88 valence electrons. The lowest BCUT2D eigenvalue weighted by Gasteiger charge is -2.13. The highest BCUT2D eigenvalue weighted by atomic mass is 35.5. The van der Waals surface area contributed by atoms with Crippen molar-refractivity contribution in [3.05, 3.63) is 44.2 Å². The van der Waals surface area contributed by atoms with E-state index in [0.717, 1.165) is 23.0 Å². The number of aryl methyl sites for hydroxylation is 1. The van der Waals surface area contributed by atoms with Crippen molar-refractivity contribution in [3.8, 4) is 0 Å². The van der Waals surface area contributed by atoms with Gasteiger partial charge in [-0.05, 0) is 36.6 Å². The molecule has 0 amide bonds. The molecule has 1 atom stereocenters. The molecule has 0 saturated heterocycles. The van der Waals surface area contributed by atoms with Gasteiger partial charge in [-0.1, -0.05) is 29.3 Å². The highest BCUT2D eigenvalue weighted by Gasteiger charge is 2.25. The number of halogens is 2. The first-order valence-electron chi connectivity index (χ1n) is 5.39. The van der Waals surface area contributed by atoms with E-state index in [9.17, 15) is 0 Å². The molecule has 0 fully saturated rings. The molecule has 1 N–H and O–H groups in total. The zero-order valence-corrected chi connectivity index (χ0v) is 11.2. The number of nitrogens with zero attached hydrogens (tertiary/aromatic N) is 1. The quantitative estimate of drug-likeness (QED) is 0.819. The van der Waals surface area contributed by atoms with Gasteiger partial charge in [-0.15, -0.1) is 11.3 Å². The van der Waals surface area contributed by atoms with Crippen LogP contribution in [0.1, 0.15) is 22.9 Å². The Morgan fingerprint density at radius 3 is 3.06 bits per heavy atom. The highest BCUT2D eigenvalue weighted by Crippen LogP contribution is 2.40. The van der Waals surface area contributed by atoms with Gasteiger partial charge in [-0.25, -0.2) is 4.98 Å². The average molecular weight is 285 g/mol. The molecule has 0 aromatic carbocycles. The molecular formula is C12H10Cl2N2S. The second-order valence-corrected chi connectivity index (χ2v) is 6.17. The molecule has 1 aliphatic rings. The molecule has 0 radical (unpaired) electrons. The van der Waals surface area contributed by atoms with Crippen molar-refractivity contribution >= 4 is 40.4 Å². The number of hydrogen-bond donors (Lipinski definition) is 1. The third kappa shape index (κ3) is 2.28. The number of aromatic nitrogens is 1. The second kappa shape index (κ2) is 4.48. The third-order valence-corrected chi connectivity index (χ3v) is 4.43. The molecule has 1 aliphatic carbocycles. The van der Waals surface area contributed by atoms with E-state index in [1.54, 1.807) is 17.4 Å². The monoisotopic (exact) mass is 284 g/mol. The maximum Gasteiger partial charge on any atom is 0.131 e. The summed E-state index contributed by atoms with van der Waals surface area (Å²) < 4.78 is 0.862. The minimum atomic E-state index is 0.305. The zero-order valence-electron chi connectivity index (χ0n) is 8.91. The maximum atomic E-state index is 6.03. The van der Waals surface area contributed by atoms with Crippen LogP contribution in [0.25, 0.3) is 0 Å². The van der Waals surface area contributed by atoms with Gasteiger partial charge >= 0.3 is 0 Å². The van der Waals surface area contributed by atoms with Gasteiger partial charge in [0, 0.05) is 4.88 Å². The Labute approximate surface area is 114 Å². The van der Waals surface area contributed by atoms with Gasteiger partial charge in [0.2, 0.25) is 0 Å². The van der Waals surface area contributed by atoms with Crippen LogP contribution < -0.4 is 5.32 Å². The molecule has 5 heteroatoms. The molecule has 2 aromatic heterocycles. The van der Waals surface area contributed by atoms with E-state index in [4.69, 9.17) is 23.2 Å². The number of nitrogens with one attached hydrogen (secondary N) is 1. The molecule has 2 nitrogen and oxygen atoms in total. The van der Waals surface area contributed by atoms with E-state index in [0.29, 0.717) is 11.2 Å². The Bertz CT molecular complexity index is 553. The van der Waals surface area contributed by atoms with Crippen molar-refractivity contribution in [2.24, 2.45) is 0 Å². The Morgan fingerprint density at radius 2 is 2.24 bits per heavy atom. The normalized spacial score (nSPS) is 18.1. The largest absolute Gasteiger partial charge is 0.363 e. The molecule has 2 aromatic rings. The number of hydrogen-bond acceptors (Lipinski definition) is 3. The molecule has 1 unspecified atom stereocenters. The third-order valence-electron chi connectivity index (χ3n) is 2.88. The molecule has 0 bridgehead atoms. The van der Waals surface area contributed by atoms with Crippen LogP contribution in [0.5, 0.6) is 0 Å². The van der Waals surface area contributed by atoms with Crippen LogP contribution in [-0.2, 0) is 6.42 Å². The molecule has 0 saturated carbocycles. The van der Waals surface area contributed by atoms with Gasteiger partial charge in [0.1, 0.15) is 11.0 Å². The molecule has 2 heterocycles. The first kappa shape index (κ1) is 11.3. The van der Waals surface area contributed by atoms with Crippen LogP contribution in [0, 0.1) is 0 Å². The van der Waals surface area contributed by atoms with E-state index >= 15 is 0 Å². The second-order valence-electron chi connectivity index (χ2n) is 4.01. The van der Waals surface area contributed by atoms with Crippen molar-refractivity contribution in [1.82, 2.24) is 4.98 Å². The van der Waals surface area contributed by atoms with Crippen LogP contribution in [0.15, 0.2) is 24.3 Å². The Kier molecular flexibility index (Phi) is 2.99. The number of fused-ring (bicyclic) bond motifs is 1. The lowest BCUT2D eigenvalue weighted by molar-refractivity contribution is 0.757. The Hall–Kier alpha value is -0.770. The molecule has 17 heavy (non-hydrogen) atoms. The number of anilines is 1. The first-order chi connectivity index (χ1) is 8.22. The Morgan fingerprint density at radius 1 is 1.35 bits per heavy atom. The molecule has 3 rings (SSSR count). The molecular weight excluding hydrogens is 275 g/mol. The smallest absolute Gasteiger partial charge is 0.131 e. The van der Waals surface area contributed by atoms with Crippen molar-refractivity contribution in [2.75, 3.05) is 5.32 Å². The summed E-state index contributed by atoms with van der Waals surface area (Å²) in [4.78, 5) is 5.62. The standard InChI is InChI=1S/C12H10Cl2N2S/c13-10-2-1-3-12(16-10)15-8-4-5-9-7(8)6-11(14)17-9/h1-3,6,8H,4-5H2,(H,15,16). The summed E-state index contributed by atoms with van der Waals surface area (Å²) >= 11 is 13.6. The zero-order chi connectivity index (χ0) is 11.8. The summed E-state index contributed by atoms with van der Waals surface area (Å²) in [6, 6.07) is 7.96. The van der Waals surface area contributed by atoms with Crippen LogP contribution in [0.2, 0.25) is 9.49 Å². The Balaban J connectivity index is 1.83. The number of rotatable bonds is 2. The summed E-state index contributed by atoms with van der Waals surface area (Å²) in [5, 5.41) is 3.91. The highest BCUT2D eigenvalue weighted by molar-refractivity contribution is 7.16. The fraction of sp³-hybridized carbons (Fsp3) is 0.250. The van der Waals surface area contributed by atoms with Crippen LogP contribution in [0.4, 0.5) is 5.82 Å². The summed E-state index contributed by atoms with van der Waals surface area (Å²) in [5.74, 6) is 0.817. The van der Waals surface area contributed by atoms with E-state index in [1.807, 2.05) is 12.1 Å².